The van der Waals surface area contributed by atoms with Gasteiger partial charge in [0.25, 0.3) is 0 Å². The minimum absolute atomic E-state index is 0.412. The van der Waals surface area contributed by atoms with E-state index in [2.05, 4.69) is 101 Å². The van der Waals surface area contributed by atoms with Crippen LogP contribution in [0.4, 0.5) is 11.4 Å². The van der Waals surface area contributed by atoms with E-state index in [0.717, 1.165) is 48.4 Å². The average molecular weight is 469 g/mol. The van der Waals surface area contributed by atoms with Crippen LogP contribution in [0.15, 0.2) is 48.5 Å². The molecule has 0 amide bonds. The largest absolute Gasteiger partial charge is 0.384 e. The number of fused-ring (bicyclic) bond motifs is 2. The van der Waals surface area contributed by atoms with Crippen LogP contribution in [0.5, 0.6) is 0 Å². The highest BCUT2D eigenvalue weighted by molar-refractivity contribution is 5.94. The maximum Gasteiger partial charge on any atom is 0.0755 e. The molecule has 0 bridgehead atoms. The second-order valence-corrected chi connectivity index (χ2v) is 10.4. The zero-order valence-corrected chi connectivity index (χ0v) is 22.2. The summed E-state index contributed by atoms with van der Waals surface area (Å²) >= 11 is 0. The number of nitrogens with zero attached hydrogens (tertiary/aromatic N) is 2. The van der Waals surface area contributed by atoms with Crippen LogP contribution in [-0.4, -0.2) is 23.1 Å². The Morgan fingerprint density at radius 2 is 1.06 bits per heavy atom. The van der Waals surface area contributed by atoms with E-state index in [1.165, 1.54) is 39.7 Å². The number of unbranched alkanes of at least 4 members (excludes halogenated alkanes) is 2. The molecule has 0 unspecified atom stereocenters. The first-order chi connectivity index (χ1) is 16.8. The van der Waals surface area contributed by atoms with Crippen molar-refractivity contribution in [1.29, 1.82) is 0 Å². The monoisotopic (exact) mass is 468 g/mol. The van der Waals surface area contributed by atoms with E-state index in [4.69, 9.17) is 9.97 Å². The smallest absolute Gasteiger partial charge is 0.0755 e. The molecule has 2 aromatic carbocycles. The van der Waals surface area contributed by atoms with Gasteiger partial charge in [0.05, 0.1) is 11.0 Å². The van der Waals surface area contributed by atoms with Crippen molar-refractivity contribution in [3.05, 3.63) is 71.0 Å². The van der Waals surface area contributed by atoms with Gasteiger partial charge in [0, 0.05) is 46.6 Å². The summed E-state index contributed by atoms with van der Waals surface area (Å²) in [4.78, 5) is 9.85. The van der Waals surface area contributed by atoms with Crippen molar-refractivity contribution in [3.63, 3.8) is 0 Å². The second kappa shape index (κ2) is 11.1. The van der Waals surface area contributed by atoms with Gasteiger partial charge < -0.3 is 10.6 Å². The first-order valence-electron chi connectivity index (χ1n) is 13.1. The lowest BCUT2D eigenvalue weighted by Crippen LogP contribution is -2.07. The Morgan fingerprint density at radius 1 is 0.629 bits per heavy atom. The molecule has 0 aliphatic carbocycles. The average Bonchev–Trinajstić information content (AvgIpc) is 2.83. The third-order valence-electron chi connectivity index (χ3n) is 6.79. The van der Waals surface area contributed by atoms with Gasteiger partial charge in [0.15, 0.2) is 0 Å². The van der Waals surface area contributed by atoms with E-state index in [1.807, 2.05) is 0 Å². The van der Waals surface area contributed by atoms with Crippen molar-refractivity contribution >= 4 is 33.2 Å². The number of rotatable bonds is 10. The zero-order chi connectivity index (χ0) is 24.9. The van der Waals surface area contributed by atoms with Crippen molar-refractivity contribution in [2.45, 2.75) is 72.6 Å². The number of nitrogens with one attached hydrogen (secondary N) is 2. The third-order valence-corrected chi connectivity index (χ3v) is 6.79. The van der Waals surface area contributed by atoms with Crippen molar-refractivity contribution in [3.8, 4) is 0 Å². The van der Waals surface area contributed by atoms with Gasteiger partial charge in [0.2, 0.25) is 0 Å². The van der Waals surface area contributed by atoms with E-state index in [-0.39, 0.29) is 0 Å². The maximum atomic E-state index is 4.92. The van der Waals surface area contributed by atoms with Gasteiger partial charge in [-0.25, -0.2) is 0 Å². The molecular weight excluding hydrogens is 428 g/mol. The molecule has 0 atom stereocenters. The first kappa shape index (κ1) is 25.0. The molecule has 4 rings (SSSR count). The predicted molar refractivity (Wildman–Crippen MR) is 152 cm³/mol. The number of hydrogen-bond acceptors (Lipinski definition) is 4. The summed E-state index contributed by atoms with van der Waals surface area (Å²) in [5, 5.41) is 9.84. The molecule has 0 radical (unpaired) electrons. The van der Waals surface area contributed by atoms with E-state index in [9.17, 15) is 0 Å². The van der Waals surface area contributed by atoms with Crippen molar-refractivity contribution in [2.75, 3.05) is 23.7 Å². The second-order valence-electron chi connectivity index (χ2n) is 10.4. The number of para-hydroxylation sites is 2. The van der Waals surface area contributed by atoms with Gasteiger partial charge in [-0.15, -0.1) is 0 Å². The summed E-state index contributed by atoms with van der Waals surface area (Å²) < 4.78 is 0. The highest BCUT2D eigenvalue weighted by Gasteiger charge is 2.11. The first-order valence-corrected chi connectivity index (χ1v) is 13.1. The Bertz CT molecular complexity index is 1210. The fourth-order valence-electron chi connectivity index (χ4n) is 4.58. The number of aryl methyl sites for hydroxylation is 2. The summed E-state index contributed by atoms with van der Waals surface area (Å²) in [6, 6.07) is 17.4. The Balaban J connectivity index is 1.34. The van der Waals surface area contributed by atoms with Gasteiger partial charge in [0.1, 0.15) is 0 Å². The summed E-state index contributed by atoms with van der Waals surface area (Å²) in [5.74, 6) is 0.824. The van der Waals surface area contributed by atoms with Crippen LogP contribution in [0.25, 0.3) is 21.8 Å². The minimum atomic E-state index is 0.412. The molecule has 0 spiro atoms. The Labute approximate surface area is 210 Å². The minimum Gasteiger partial charge on any atom is -0.384 e. The number of pyridine rings is 2. The van der Waals surface area contributed by atoms with Crippen LogP contribution in [0.3, 0.4) is 0 Å². The number of hydrogen-bond donors (Lipinski definition) is 2. The van der Waals surface area contributed by atoms with Crippen LogP contribution in [0, 0.1) is 13.8 Å². The normalized spacial score (nSPS) is 11.7. The molecule has 2 heterocycles. The lowest BCUT2D eigenvalue weighted by Gasteiger charge is -2.15. The SMILES string of the molecule is Cc1cccc2c(NCCCCCNc3cc(C(C)C)nc4c(C)cccc34)cc(C(C)C)nc12. The molecule has 184 valence electrons. The van der Waals surface area contributed by atoms with Gasteiger partial charge in [-0.3, -0.25) is 9.97 Å². The van der Waals surface area contributed by atoms with Crippen molar-refractivity contribution < 1.29 is 0 Å². The standard InChI is InChI=1S/C31H40N4/c1-20(2)26-18-28(24-14-10-12-22(5)30(24)34-26)32-16-8-7-9-17-33-29-19-27(21(3)4)35-31-23(6)13-11-15-25(29)31/h10-15,18-21H,7-9,16-17H2,1-6H3,(H,32,34)(H,33,35). The molecule has 0 fully saturated rings. The Kier molecular flexibility index (Phi) is 7.90. The lowest BCUT2D eigenvalue weighted by molar-refractivity contribution is 0.721. The molecule has 2 N–H and O–H groups in total. The molecule has 2 aromatic heterocycles. The molecule has 0 saturated carbocycles. The van der Waals surface area contributed by atoms with E-state index < -0.39 is 0 Å². The third kappa shape index (κ3) is 5.75. The fourth-order valence-corrected chi connectivity index (χ4v) is 4.58. The van der Waals surface area contributed by atoms with E-state index >= 15 is 0 Å². The molecule has 4 heteroatoms. The van der Waals surface area contributed by atoms with Crippen LogP contribution in [0.1, 0.15) is 81.3 Å². The molecule has 0 aliphatic heterocycles. The molecule has 35 heavy (non-hydrogen) atoms. The Hall–Kier alpha value is -3.14. The van der Waals surface area contributed by atoms with Crippen molar-refractivity contribution in [2.24, 2.45) is 0 Å². The predicted octanol–water partition coefficient (Wildman–Crippen LogP) is 8.34. The zero-order valence-electron chi connectivity index (χ0n) is 22.2. The Morgan fingerprint density at radius 3 is 1.46 bits per heavy atom. The van der Waals surface area contributed by atoms with Crippen LogP contribution in [0.2, 0.25) is 0 Å². The highest BCUT2D eigenvalue weighted by atomic mass is 14.9. The number of aromatic nitrogens is 2. The fraction of sp³-hybridized carbons (Fsp3) is 0.419. The van der Waals surface area contributed by atoms with Gasteiger partial charge >= 0.3 is 0 Å². The van der Waals surface area contributed by atoms with Crippen LogP contribution < -0.4 is 10.6 Å². The van der Waals surface area contributed by atoms with Crippen LogP contribution in [-0.2, 0) is 0 Å². The molecule has 0 saturated heterocycles. The topological polar surface area (TPSA) is 49.8 Å². The molecule has 4 nitrogen and oxygen atoms in total. The molecular formula is C31H40N4. The van der Waals surface area contributed by atoms with Gasteiger partial charge in [-0.2, -0.15) is 0 Å². The van der Waals surface area contributed by atoms with Gasteiger partial charge in [-0.1, -0.05) is 64.1 Å². The lowest BCUT2D eigenvalue weighted by atomic mass is 10.0. The highest BCUT2D eigenvalue weighted by Crippen LogP contribution is 2.29. The number of benzene rings is 2. The van der Waals surface area contributed by atoms with Crippen molar-refractivity contribution in [1.82, 2.24) is 9.97 Å². The van der Waals surface area contributed by atoms with E-state index in [1.54, 1.807) is 0 Å². The molecule has 4 aromatic rings. The summed E-state index contributed by atoms with van der Waals surface area (Å²) in [7, 11) is 0. The quantitative estimate of drug-likeness (QED) is 0.230. The van der Waals surface area contributed by atoms with Gasteiger partial charge in [-0.05, 0) is 68.2 Å². The summed E-state index contributed by atoms with van der Waals surface area (Å²) in [6.45, 7) is 15.1. The van der Waals surface area contributed by atoms with E-state index in [0.29, 0.717) is 11.8 Å². The molecule has 0 aliphatic rings. The summed E-state index contributed by atoms with van der Waals surface area (Å²) in [6.07, 6.45) is 3.46. The number of anilines is 2. The van der Waals surface area contributed by atoms with Crippen LogP contribution >= 0.6 is 0 Å². The maximum absolute atomic E-state index is 4.92. The summed E-state index contributed by atoms with van der Waals surface area (Å²) in [5.41, 5.74) is 9.42.